The Morgan fingerprint density at radius 1 is 0.939 bits per heavy atom. The van der Waals surface area contributed by atoms with Crippen molar-refractivity contribution < 1.29 is 37.0 Å². The molecule has 0 unspecified atom stereocenters. The lowest BCUT2D eigenvalue weighted by atomic mass is 9.76. The first kappa shape index (κ1) is 25.3. The van der Waals surface area contributed by atoms with Gasteiger partial charge in [-0.2, -0.15) is 0 Å². The minimum absolute atomic E-state index is 0.0519. The average Bonchev–Trinajstić information content (AvgIpc) is 2.76. The van der Waals surface area contributed by atoms with E-state index in [2.05, 4.69) is 22.3 Å². The van der Waals surface area contributed by atoms with Gasteiger partial charge in [-0.25, -0.2) is 0 Å². The molecule has 1 aromatic carbocycles. The van der Waals surface area contributed by atoms with Crippen LogP contribution in [0.5, 0.6) is 5.75 Å². The van der Waals surface area contributed by atoms with E-state index in [1.54, 1.807) is 0 Å². The first-order chi connectivity index (χ1) is 15.4. The molecule has 1 aliphatic heterocycles. The van der Waals surface area contributed by atoms with Crippen LogP contribution in [0.1, 0.15) is 69.7 Å². The van der Waals surface area contributed by atoms with Crippen molar-refractivity contribution in [3.05, 3.63) is 29.8 Å². The highest BCUT2D eigenvalue weighted by atomic mass is 19.4. The molecule has 1 saturated carbocycles. The molecule has 1 heterocycles. The zero-order valence-corrected chi connectivity index (χ0v) is 19.1. The van der Waals surface area contributed by atoms with Crippen molar-refractivity contribution in [3.8, 4) is 5.75 Å². The van der Waals surface area contributed by atoms with E-state index in [0.29, 0.717) is 19.3 Å². The van der Waals surface area contributed by atoms with E-state index in [4.69, 9.17) is 9.47 Å². The van der Waals surface area contributed by atoms with Gasteiger partial charge in [-0.1, -0.05) is 13.8 Å². The summed E-state index contributed by atoms with van der Waals surface area (Å²) in [6, 6.07) is 4.75. The van der Waals surface area contributed by atoms with Crippen molar-refractivity contribution >= 4 is 11.8 Å². The summed E-state index contributed by atoms with van der Waals surface area (Å²) < 4.78 is 53.2. The summed E-state index contributed by atoms with van der Waals surface area (Å²) in [4.78, 5) is 24.3. The summed E-state index contributed by atoms with van der Waals surface area (Å²) >= 11 is 0. The molecule has 2 fully saturated rings. The van der Waals surface area contributed by atoms with Crippen LogP contribution in [0.25, 0.3) is 0 Å². The molecule has 0 atom stereocenters. The van der Waals surface area contributed by atoms with E-state index in [0.717, 1.165) is 31.4 Å². The maximum atomic E-state index is 12.7. The molecule has 0 bridgehead atoms. The molecule has 33 heavy (non-hydrogen) atoms. The van der Waals surface area contributed by atoms with Crippen molar-refractivity contribution in [2.45, 2.75) is 82.5 Å². The predicted molar refractivity (Wildman–Crippen MR) is 114 cm³/mol. The average molecular weight is 473 g/mol. The molecule has 7 nitrogen and oxygen atoms in total. The Kier molecular flexibility index (Phi) is 7.28. The van der Waals surface area contributed by atoms with Crippen molar-refractivity contribution in [2.75, 3.05) is 13.2 Å². The first-order valence-electron chi connectivity index (χ1n) is 11.2. The summed E-state index contributed by atoms with van der Waals surface area (Å²) in [7, 11) is 0. The van der Waals surface area contributed by atoms with Crippen LogP contribution in [-0.2, 0) is 14.3 Å². The fourth-order valence-corrected chi connectivity index (χ4v) is 4.45. The number of ether oxygens (including phenoxy) is 3. The minimum Gasteiger partial charge on any atom is -0.406 e. The van der Waals surface area contributed by atoms with Gasteiger partial charge >= 0.3 is 6.36 Å². The van der Waals surface area contributed by atoms with Crippen LogP contribution < -0.4 is 15.4 Å². The zero-order valence-electron chi connectivity index (χ0n) is 19.1. The Morgan fingerprint density at radius 3 is 1.94 bits per heavy atom. The molecular weight excluding hydrogens is 441 g/mol. The number of halogens is 3. The van der Waals surface area contributed by atoms with Crippen LogP contribution in [0, 0.1) is 0 Å². The van der Waals surface area contributed by atoms with Gasteiger partial charge in [-0.15, -0.1) is 13.2 Å². The largest absolute Gasteiger partial charge is 0.573 e. The molecule has 1 aliphatic carbocycles. The molecule has 1 saturated heterocycles. The predicted octanol–water partition coefficient (Wildman–Crippen LogP) is 4.07. The lowest BCUT2D eigenvalue weighted by Crippen LogP contribution is -2.63. The van der Waals surface area contributed by atoms with E-state index in [1.807, 2.05) is 6.92 Å². The molecule has 1 spiro atoms. The molecule has 2 N–H and O–H groups in total. The summed E-state index contributed by atoms with van der Waals surface area (Å²) in [6.45, 7) is 5.99. The fourth-order valence-electron chi connectivity index (χ4n) is 4.45. The maximum absolute atomic E-state index is 12.7. The molecule has 2 amide bonds. The van der Waals surface area contributed by atoms with Gasteiger partial charge in [-0.05, 0) is 49.9 Å². The number of amides is 2. The van der Waals surface area contributed by atoms with E-state index >= 15 is 0 Å². The van der Waals surface area contributed by atoms with Crippen LogP contribution in [0.2, 0.25) is 0 Å². The Balaban J connectivity index is 1.59. The standard InChI is InChI=1S/C23H31F3N2O5/c1-4-20(27-16(3)29)10-12-22(13-11-20)31-14-21(5-2,15-32-22)28-19(30)17-6-8-18(9-7-17)33-23(24,25)26/h6-9H,4-5,10-15H2,1-3H3,(H,27,29)(H,28,30). The van der Waals surface area contributed by atoms with Gasteiger partial charge in [-0.3, -0.25) is 9.59 Å². The number of hydrogen-bond acceptors (Lipinski definition) is 5. The van der Waals surface area contributed by atoms with Crippen molar-refractivity contribution in [3.63, 3.8) is 0 Å². The third-order valence-corrected chi connectivity index (χ3v) is 6.72. The number of hydrogen-bond donors (Lipinski definition) is 2. The normalized spacial score (nSPS) is 30.0. The molecule has 184 valence electrons. The molecule has 2 aliphatic rings. The number of benzene rings is 1. The number of carbonyl (C=O) groups excluding carboxylic acids is 2. The second-order valence-electron chi connectivity index (χ2n) is 8.96. The lowest BCUT2D eigenvalue weighted by Gasteiger charge is -2.51. The van der Waals surface area contributed by atoms with Gasteiger partial charge in [0.25, 0.3) is 5.91 Å². The number of rotatable bonds is 6. The topological polar surface area (TPSA) is 85.9 Å². The van der Waals surface area contributed by atoms with Gasteiger partial charge in [0.1, 0.15) is 5.75 Å². The monoisotopic (exact) mass is 472 g/mol. The molecule has 0 aromatic heterocycles. The minimum atomic E-state index is -4.79. The Morgan fingerprint density at radius 2 is 1.48 bits per heavy atom. The zero-order chi connectivity index (χ0) is 24.3. The first-order valence-corrected chi connectivity index (χ1v) is 11.2. The third-order valence-electron chi connectivity index (χ3n) is 6.72. The molecule has 3 rings (SSSR count). The SMILES string of the molecule is CCC1(NC(C)=O)CCC2(CC1)OCC(CC)(NC(=O)c1ccc(OC(F)(F)F)cc1)CO2. The molecule has 0 radical (unpaired) electrons. The van der Waals surface area contributed by atoms with Crippen LogP contribution >= 0.6 is 0 Å². The van der Waals surface area contributed by atoms with Crippen molar-refractivity contribution in [1.29, 1.82) is 0 Å². The summed E-state index contributed by atoms with van der Waals surface area (Å²) in [5.41, 5.74) is -0.793. The second kappa shape index (κ2) is 9.50. The van der Waals surface area contributed by atoms with E-state index in [1.165, 1.54) is 19.1 Å². The Labute approximate surface area is 191 Å². The van der Waals surface area contributed by atoms with E-state index in [-0.39, 0.29) is 30.2 Å². The van der Waals surface area contributed by atoms with Gasteiger partial charge in [0, 0.05) is 30.9 Å². The quantitative estimate of drug-likeness (QED) is 0.652. The van der Waals surface area contributed by atoms with Gasteiger partial charge in [0.2, 0.25) is 5.91 Å². The Hall–Kier alpha value is -2.33. The highest BCUT2D eigenvalue weighted by Crippen LogP contribution is 2.42. The third kappa shape index (κ3) is 6.17. The number of alkyl halides is 3. The van der Waals surface area contributed by atoms with Crippen LogP contribution in [0.4, 0.5) is 13.2 Å². The number of nitrogens with one attached hydrogen (secondary N) is 2. The summed E-state index contributed by atoms with van der Waals surface area (Å²) in [6.07, 6.45) is -0.674. The van der Waals surface area contributed by atoms with Crippen LogP contribution in [0.3, 0.4) is 0 Å². The second-order valence-corrected chi connectivity index (χ2v) is 8.96. The summed E-state index contributed by atoms with van der Waals surface area (Å²) in [5, 5.41) is 6.01. The molecule has 10 heteroatoms. The van der Waals surface area contributed by atoms with Gasteiger partial charge in [0.15, 0.2) is 5.79 Å². The van der Waals surface area contributed by atoms with Crippen LogP contribution in [0.15, 0.2) is 24.3 Å². The fraction of sp³-hybridized carbons (Fsp3) is 0.652. The smallest absolute Gasteiger partial charge is 0.406 e. The molecular formula is C23H31F3N2O5. The van der Waals surface area contributed by atoms with Gasteiger partial charge < -0.3 is 24.8 Å². The molecule has 1 aromatic rings. The Bertz CT molecular complexity index is 839. The van der Waals surface area contributed by atoms with Crippen molar-refractivity contribution in [1.82, 2.24) is 10.6 Å². The number of carbonyl (C=O) groups is 2. The van der Waals surface area contributed by atoms with E-state index in [9.17, 15) is 22.8 Å². The van der Waals surface area contributed by atoms with Gasteiger partial charge in [0.05, 0.1) is 18.8 Å². The van der Waals surface area contributed by atoms with Crippen molar-refractivity contribution in [2.24, 2.45) is 0 Å². The van der Waals surface area contributed by atoms with E-state index < -0.39 is 29.3 Å². The maximum Gasteiger partial charge on any atom is 0.573 e. The summed E-state index contributed by atoms with van der Waals surface area (Å²) in [5.74, 6) is -1.62. The van der Waals surface area contributed by atoms with Crippen LogP contribution in [-0.4, -0.2) is 48.3 Å². The highest BCUT2D eigenvalue weighted by Gasteiger charge is 2.49. The lowest BCUT2D eigenvalue weighted by molar-refractivity contribution is -0.306. The highest BCUT2D eigenvalue weighted by molar-refractivity contribution is 5.94.